The van der Waals surface area contributed by atoms with Crippen LogP contribution in [-0.4, -0.2) is 42.5 Å². The lowest BCUT2D eigenvalue weighted by Crippen LogP contribution is -2.38. The van der Waals surface area contributed by atoms with Crippen LogP contribution in [0.25, 0.3) is 0 Å². The minimum atomic E-state index is -0.202. The van der Waals surface area contributed by atoms with E-state index in [1.54, 1.807) is 13.1 Å². The van der Waals surface area contributed by atoms with Gasteiger partial charge in [-0.05, 0) is 18.3 Å². The number of thiocarbonyl (C=S) groups is 1. The van der Waals surface area contributed by atoms with Gasteiger partial charge in [-0.15, -0.1) is 0 Å². The van der Waals surface area contributed by atoms with E-state index in [9.17, 15) is 4.79 Å². The van der Waals surface area contributed by atoms with Gasteiger partial charge < -0.3 is 15.5 Å². The van der Waals surface area contributed by atoms with Crippen molar-refractivity contribution in [3.05, 3.63) is 22.5 Å². The zero-order chi connectivity index (χ0) is 12.0. The van der Waals surface area contributed by atoms with E-state index < -0.39 is 0 Å². The monoisotopic (exact) mass is 241 g/mol. The van der Waals surface area contributed by atoms with Crippen LogP contribution in [0.2, 0.25) is 0 Å². The minimum Gasteiger partial charge on any atom is -0.366 e. The number of rotatable bonds is 4. The van der Waals surface area contributed by atoms with Gasteiger partial charge in [0.05, 0.1) is 0 Å². The van der Waals surface area contributed by atoms with Gasteiger partial charge in [-0.3, -0.25) is 4.79 Å². The summed E-state index contributed by atoms with van der Waals surface area (Å²) < 4.78 is 0. The molecular weight excluding hydrogens is 226 g/mol. The molecular formula is C9H15N5OS. The molecule has 0 aliphatic rings. The van der Waals surface area contributed by atoms with E-state index in [1.807, 2.05) is 11.9 Å². The third kappa shape index (κ3) is 3.85. The topological polar surface area (TPSA) is 73.0 Å². The van der Waals surface area contributed by atoms with Crippen LogP contribution in [0, 0.1) is 0 Å². The van der Waals surface area contributed by atoms with Crippen molar-refractivity contribution in [2.24, 2.45) is 0 Å². The highest BCUT2D eigenvalue weighted by Gasteiger charge is 2.01. The van der Waals surface area contributed by atoms with Crippen molar-refractivity contribution in [3.8, 4) is 0 Å². The number of anilines is 1. The number of likely N-dealkylation sites (N-methyl/N-ethyl adjacent to an activating group) is 1. The second-order valence-electron chi connectivity index (χ2n) is 3.21. The SMILES string of the molecule is CNC(=S)NCCN(C)c1ccc(=O)[nH]n1. The molecule has 0 spiro atoms. The van der Waals surface area contributed by atoms with E-state index in [-0.39, 0.29) is 5.56 Å². The van der Waals surface area contributed by atoms with Gasteiger partial charge in [0.1, 0.15) is 5.82 Å². The molecule has 0 radical (unpaired) electrons. The fraction of sp³-hybridized carbons (Fsp3) is 0.444. The molecule has 1 heterocycles. The van der Waals surface area contributed by atoms with Crippen LogP contribution in [0.1, 0.15) is 0 Å². The maximum absolute atomic E-state index is 10.8. The first-order valence-electron chi connectivity index (χ1n) is 4.86. The fourth-order valence-electron chi connectivity index (χ4n) is 1.09. The molecule has 0 amide bonds. The summed E-state index contributed by atoms with van der Waals surface area (Å²) in [6.45, 7) is 1.44. The summed E-state index contributed by atoms with van der Waals surface area (Å²) >= 11 is 4.94. The normalized spacial score (nSPS) is 9.62. The first-order chi connectivity index (χ1) is 7.63. The predicted octanol–water partition coefficient (Wildman–Crippen LogP) is -0.700. The molecule has 0 bridgehead atoms. The van der Waals surface area contributed by atoms with E-state index in [4.69, 9.17) is 12.2 Å². The molecule has 1 rings (SSSR count). The van der Waals surface area contributed by atoms with Gasteiger partial charge in [0.25, 0.3) is 5.56 Å². The summed E-state index contributed by atoms with van der Waals surface area (Å²) in [5, 5.41) is 12.8. The Kier molecular flexibility index (Phi) is 4.71. The summed E-state index contributed by atoms with van der Waals surface area (Å²) in [5.41, 5.74) is -0.202. The second kappa shape index (κ2) is 6.06. The Morgan fingerprint density at radius 3 is 2.94 bits per heavy atom. The third-order valence-electron chi connectivity index (χ3n) is 2.02. The van der Waals surface area contributed by atoms with Gasteiger partial charge in [0.15, 0.2) is 5.11 Å². The third-order valence-corrected chi connectivity index (χ3v) is 2.36. The molecule has 3 N–H and O–H groups in total. The quantitative estimate of drug-likeness (QED) is 0.605. The van der Waals surface area contributed by atoms with Crippen molar-refractivity contribution in [2.45, 2.75) is 0 Å². The number of nitrogens with one attached hydrogen (secondary N) is 3. The van der Waals surface area contributed by atoms with Crippen molar-refractivity contribution in [1.82, 2.24) is 20.8 Å². The molecule has 0 saturated carbocycles. The highest BCUT2D eigenvalue weighted by molar-refractivity contribution is 7.80. The Hall–Kier alpha value is -1.63. The van der Waals surface area contributed by atoms with E-state index in [1.165, 1.54) is 6.07 Å². The molecule has 0 atom stereocenters. The standard InChI is InChI=1S/C9H15N5OS/c1-10-9(16)11-5-6-14(2)7-3-4-8(15)13-12-7/h3-4H,5-6H2,1-2H3,(H,13,15)(H2,10,11,16). The molecule has 16 heavy (non-hydrogen) atoms. The van der Waals surface area contributed by atoms with Crippen molar-refractivity contribution < 1.29 is 0 Å². The highest BCUT2D eigenvalue weighted by Crippen LogP contribution is 2.01. The Morgan fingerprint density at radius 1 is 1.62 bits per heavy atom. The summed E-state index contributed by atoms with van der Waals surface area (Å²) in [6, 6.07) is 3.12. The van der Waals surface area contributed by atoms with Gasteiger partial charge in [-0.25, -0.2) is 5.10 Å². The van der Waals surface area contributed by atoms with Gasteiger partial charge in [-0.1, -0.05) is 0 Å². The van der Waals surface area contributed by atoms with Crippen LogP contribution in [0.4, 0.5) is 5.82 Å². The molecule has 0 aromatic carbocycles. The van der Waals surface area contributed by atoms with Crippen molar-refractivity contribution in [2.75, 3.05) is 32.1 Å². The number of nitrogens with zero attached hydrogens (tertiary/aromatic N) is 2. The first kappa shape index (κ1) is 12.4. The van der Waals surface area contributed by atoms with Crippen LogP contribution in [-0.2, 0) is 0 Å². The summed E-state index contributed by atoms with van der Waals surface area (Å²) in [5.74, 6) is 0.719. The van der Waals surface area contributed by atoms with Gasteiger partial charge in [0.2, 0.25) is 0 Å². The lowest BCUT2D eigenvalue weighted by molar-refractivity contribution is 0.792. The molecule has 0 saturated heterocycles. The molecule has 88 valence electrons. The van der Waals surface area contributed by atoms with Crippen LogP contribution >= 0.6 is 12.2 Å². The number of aromatic amines is 1. The van der Waals surface area contributed by atoms with Crippen molar-refractivity contribution in [1.29, 1.82) is 0 Å². The number of H-pyrrole nitrogens is 1. The summed E-state index contributed by atoms with van der Waals surface area (Å²) in [7, 11) is 3.66. The van der Waals surface area contributed by atoms with E-state index >= 15 is 0 Å². The first-order valence-corrected chi connectivity index (χ1v) is 5.26. The van der Waals surface area contributed by atoms with Gasteiger partial charge in [0, 0.05) is 33.3 Å². The van der Waals surface area contributed by atoms with Gasteiger partial charge >= 0.3 is 0 Å². The largest absolute Gasteiger partial charge is 0.366 e. The Balaban J connectivity index is 2.40. The van der Waals surface area contributed by atoms with E-state index in [2.05, 4.69) is 20.8 Å². The Morgan fingerprint density at radius 2 is 2.38 bits per heavy atom. The maximum Gasteiger partial charge on any atom is 0.264 e. The molecule has 7 heteroatoms. The summed E-state index contributed by atoms with van der Waals surface area (Å²) in [6.07, 6.45) is 0. The summed E-state index contributed by atoms with van der Waals surface area (Å²) in [4.78, 5) is 12.7. The molecule has 0 aliphatic carbocycles. The highest BCUT2D eigenvalue weighted by atomic mass is 32.1. The van der Waals surface area contributed by atoms with Crippen LogP contribution in [0.15, 0.2) is 16.9 Å². The molecule has 0 unspecified atom stereocenters. The fourth-order valence-corrected chi connectivity index (χ4v) is 1.19. The lowest BCUT2D eigenvalue weighted by Gasteiger charge is -2.17. The average Bonchev–Trinajstić information content (AvgIpc) is 2.29. The van der Waals surface area contributed by atoms with Crippen LogP contribution in [0.5, 0.6) is 0 Å². The Bertz CT molecular complexity index is 385. The lowest BCUT2D eigenvalue weighted by atomic mass is 10.4. The minimum absolute atomic E-state index is 0.202. The van der Waals surface area contributed by atoms with E-state index in [0.717, 1.165) is 12.4 Å². The zero-order valence-electron chi connectivity index (χ0n) is 9.28. The Labute approximate surface area is 99.0 Å². The zero-order valence-corrected chi connectivity index (χ0v) is 10.1. The number of aromatic nitrogens is 2. The maximum atomic E-state index is 10.8. The van der Waals surface area contributed by atoms with Crippen LogP contribution in [0.3, 0.4) is 0 Å². The van der Waals surface area contributed by atoms with Crippen molar-refractivity contribution >= 4 is 23.1 Å². The van der Waals surface area contributed by atoms with Gasteiger partial charge in [-0.2, -0.15) is 5.10 Å². The molecule has 1 aromatic heterocycles. The van der Waals surface area contributed by atoms with Crippen LogP contribution < -0.4 is 21.1 Å². The number of hydrogen-bond donors (Lipinski definition) is 3. The smallest absolute Gasteiger partial charge is 0.264 e. The molecule has 0 fully saturated rings. The molecule has 1 aromatic rings. The second-order valence-corrected chi connectivity index (χ2v) is 3.62. The average molecular weight is 241 g/mol. The predicted molar refractivity (Wildman–Crippen MR) is 67.8 cm³/mol. The van der Waals surface area contributed by atoms with Crippen molar-refractivity contribution in [3.63, 3.8) is 0 Å². The number of hydrogen-bond acceptors (Lipinski definition) is 4. The molecule has 6 nitrogen and oxygen atoms in total. The molecule has 0 aliphatic heterocycles. The van der Waals surface area contributed by atoms with E-state index in [0.29, 0.717) is 11.7 Å².